The van der Waals surface area contributed by atoms with Crippen LogP contribution in [0.1, 0.15) is 31.4 Å². The molecule has 1 aliphatic rings. The molecule has 3 rings (SSSR count). The molecule has 144 valence electrons. The van der Waals surface area contributed by atoms with E-state index in [2.05, 4.69) is 15.9 Å². The molecule has 0 bridgehead atoms. The molecule has 0 aromatic heterocycles. The zero-order valence-electron chi connectivity index (χ0n) is 15.8. The highest BCUT2D eigenvalue weighted by molar-refractivity contribution is 9.10. The van der Waals surface area contributed by atoms with Crippen molar-refractivity contribution in [2.45, 2.75) is 31.9 Å². The zero-order valence-corrected chi connectivity index (χ0v) is 17.4. The van der Waals surface area contributed by atoms with Gasteiger partial charge >= 0.3 is 0 Å². The summed E-state index contributed by atoms with van der Waals surface area (Å²) in [5, 5.41) is 0. The average Bonchev–Trinajstić information content (AvgIpc) is 3.18. The summed E-state index contributed by atoms with van der Waals surface area (Å²) in [4.78, 5) is 14.9. The molecule has 1 amide bonds. The molecule has 2 aromatic rings. The van der Waals surface area contributed by atoms with Crippen LogP contribution in [0.15, 0.2) is 46.9 Å². The fourth-order valence-electron chi connectivity index (χ4n) is 3.45. The Kier molecular flexibility index (Phi) is 6.26. The molecule has 1 saturated heterocycles. The summed E-state index contributed by atoms with van der Waals surface area (Å²) in [5.74, 6) is 2.13. The first kappa shape index (κ1) is 19.5. The van der Waals surface area contributed by atoms with E-state index in [0.29, 0.717) is 12.3 Å². The maximum atomic E-state index is 13.0. The summed E-state index contributed by atoms with van der Waals surface area (Å²) in [6, 6.07) is 13.2. The fourth-order valence-corrected chi connectivity index (χ4v) is 3.71. The van der Waals surface area contributed by atoms with Crippen LogP contribution >= 0.6 is 15.9 Å². The van der Waals surface area contributed by atoms with E-state index >= 15 is 0 Å². The lowest BCUT2D eigenvalue weighted by molar-refractivity contribution is -0.138. The van der Waals surface area contributed by atoms with Crippen molar-refractivity contribution in [3.8, 4) is 17.2 Å². The number of likely N-dealkylation sites (tertiary alicyclic amines) is 1. The van der Waals surface area contributed by atoms with Gasteiger partial charge < -0.3 is 19.1 Å². The first-order chi connectivity index (χ1) is 13.0. The summed E-state index contributed by atoms with van der Waals surface area (Å²) in [6.07, 6.45) is 1.30. The topological polar surface area (TPSA) is 48.0 Å². The minimum absolute atomic E-state index is 0.0155. The summed E-state index contributed by atoms with van der Waals surface area (Å²) in [6.45, 7) is 2.51. The van der Waals surface area contributed by atoms with Crippen molar-refractivity contribution in [3.05, 3.63) is 52.5 Å². The van der Waals surface area contributed by atoms with E-state index in [1.165, 1.54) is 0 Å². The molecule has 27 heavy (non-hydrogen) atoms. The van der Waals surface area contributed by atoms with Gasteiger partial charge in [0.05, 0.1) is 20.3 Å². The second-order valence-electron chi connectivity index (χ2n) is 6.51. The predicted molar refractivity (Wildman–Crippen MR) is 107 cm³/mol. The van der Waals surface area contributed by atoms with Crippen LogP contribution in [-0.4, -0.2) is 37.7 Å². The van der Waals surface area contributed by atoms with E-state index < -0.39 is 6.10 Å². The minimum atomic E-state index is -0.559. The number of benzene rings is 2. The molecular weight excluding hydrogens is 410 g/mol. The minimum Gasteiger partial charge on any atom is -0.497 e. The number of carbonyl (C=O) groups is 1. The molecule has 1 fully saturated rings. The molecule has 2 unspecified atom stereocenters. The number of ether oxygens (including phenoxy) is 3. The number of rotatable bonds is 6. The van der Waals surface area contributed by atoms with Gasteiger partial charge in [0.2, 0.25) is 0 Å². The molecule has 1 aliphatic heterocycles. The van der Waals surface area contributed by atoms with Crippen LogP contribution in [0, 0.1) is 0 Å². The predicted octanol–water partition coefficient (Wildman–Crippen LogP) is 4.60. The van der Waals surface area contributed by atoms with Crippen molar-refractivity contribution in [1.82, 2.24) is 4.90 Å². The normalized spacial score (nSPS) is 17.5. The van der Waals surface area contributed by atoms with Gasteiger partial charge in [0, 0.05) is 22.6 Å². The Hall–Kier alpha value is -2.21. The summed E-state index contributed by atoms with van der Waals surface area (Å²) in [7, 11) is 3.26. The van der Waals surface area contributed by atoms with Gasteiger partial charge in [-0.25, -0.2) is 0 Å². The third-order valence-electron chi connectivity index (χ3n) is 4.81. The van der Waals surface area contributed by atoms with Crippen LogP contribution in [0.25, 0.3) is 0 Å². The van der Waals surface area contributed by atoms with Crippen LogP contribution in [0.3, 0.4) is 0 Å². The number of halogens is 1. The molecule has 0 spiro atoms. The molecule has 5 nitrogen and oxygen atoms in total. The molecule has 0 radical (unpaired) electrons. The maximum absolute atomic E-state index is 13.0. The Morgan fingerprint density at radius 1 is 1.11 bits per heavy atom. The number of methoxy groups -OCH3 is 2. The first-order valence-corrected chi connectivity index (χ1v) is 9.77. The Morgan fingerprint density at radius 3 is 2.48 bits per heavy atom. The Balaban J connectivity index is 1.77. The SMILES string of the molecule is COc1ccc(C2CCCN2C(=O)C(C)Oc2ccc(Br)cc2)c(OC)c1. The van der Waals surface area contributed by atoms with Gasteiger partial charge in [0.15, 0.2) is 6.10 Å². The lowest BCUT2D eigenvalue weighted by Gasteiger charge is -2.29. The molecule has 1 heterocycles. The highest BCUT2D eigenvalue weighted by Crippen LogP contribution is 2.39. The van der Waals surface area contributed by atoms with Crippen LogP contribution in [0.5, 0.6) is 17.2 Å². The van der Waals surface area contributed by atoms with Crippen molar-refractivity contribution >= 4 is 21.8 Å². The second kappa shape index (κ2) is 8.65. The summed E-state index contributed by atoms with van der Waals surface area (Å²) < 4.78 is 17.6. The highest BCUT2D eigenvalue weighted by Gasteiger charge is 2.34. The van der Waals surface area contributed by atoms with Gasteiger partial charge in [0.25, 0.3) is 5.91 Å². The quantitative estimate of drug-likeness (QED) is 0.667. The third kappa shape index (κ3) is 4.38. The van der Waals surface area contributed by atoms with Crippen molar-refractivity contribution in [3.63, 3.8) is 0 Å². The van der Waals surface area contributed by atoms with Gasteiger partial charge in [0.1, 0.15) is 17.2 Å². The summed E-state index contributed by atoms with van der Waals surface area (Å²) in [5.41, 5.74) is 1.000. The van der Waals surface area contributed by atoms with Crippen LogP contribution in [-0.2, 0) is 4.79 Å². The van der Waals surface area contributed by atoms with Gasteiger partial charge in [-0.05, 0) is 56.2 Å². The molecule has 6 heteroatoms. The molecule has 2 atom stereocenters. The van der Waals surface area contributed by atoms with Gasteiger partial charge in [-0.1, -0.05) is 15.9 Å². The number of amides is 1. The van der Waals surface area contributed by atoms with Crippen molar-refractivity contribution in [2.24, 2.45) is 0 Å². The van der Waals surface area contributed by atoms with E-state index in [-0.39, 0.29) is 11.9 Å². The molecule has 0 saturated carbocycles. The lowest BCUT2D eigenvalue weighted by atomic mass is 10.0. The average molecular weight is 434 g/mol. The smallest absolute Gasteiger partial charge is 0.263 e. The van der Waals surface area contributed by atoms with Crippen molar-refractivity contribution < 1.29 is 19.0 Å². The number of nitrogens with zero attached hydrogens (tertiary/aromatic N) is 1. The number of hydrogen-bond donors (Lipinski definition) is 0. The third-order valence-corrected chi connectivity index (χ3v) is 5.34. The summed E-state index contributed by atoms with van der Waals surface area (Å²) >= 11 is 3.40. The zero-order chi connectivity index (χ0) is 19.4. The second-order valence-corrected chi connectivity index (χ2v) is 7.43. The number of carbonyl (C=O) groups excluding carboxylic acids is 1. The van der Waals surface area contributed by atoms with Crippen molar-refractivity contribution in [2.75, 3.05) is 20.8 Å². The highest BCUT2D eigenvalue weighted by atomic mass is 79.9. The van der Waals surface area contributed by atoms with Gasteiger partial charge in [-0.15, -0.1) is 0 Å². The van der Waals surface area contributed by atoms with E-state index in [1.54, 1.807) is 21.1 Å². The molecule has 0 N–H and O–H groups in total. The number of hydrogen-bond acceptors (Lipinski definition) is 4. The molecule has 2 aromatic carbocycles. The largest absolute Gasteiger partial charge is 0.497 e. The van der Waals surface area contributed by atoms with E-state index in [0.717, 1.165) is 34.4 Å². The van der Waals surface area contributed by atoms with Gasteiger partial charge in [-0.3, -0.25) is 4.79 Å². The van der Waals surface area contributed by atoms with E-state index in [4.69, 9.17) is 14.2 Å². The standard InChI is InChI=1S/C21H24BrNO4/c1-14(27-16-8-6-15(22)7-9-16)21(24)23-12-4-5-19(23)18-11-10-17(25-2)13-20(18)26-3/h6-11,13-14,19H,4-5,12H2,1-3H3. The Labute approximate surface area is 168 Å². The Bertz CT molecular complexity index is 793. The van der Waals surface area contributed by atoms with Crippen LogP contribution in [0.4, 0.5) is 0 Å². The fraction of sp³-hybridized carbons (Fsp3) is 0.381. The Morgan fingerprint density at radius 2 is 1.81 bits per heavy atom. The maximum Gasteiger partial charge on any atom is 0.263 e. The lowest BCUT2D eigenvalue weighted by Crippen LogP contribution is -2.40. The van der Waals surface area contributed by atoms with Crippen LogP contribution in [0.2, 0.25) is 0 Å². The molecule has 0 aliphatic carbocycles. The van der Waals surface area contributed by atoms with E-state index in [1.807, 2.05) is 47.4 Å². The van der Waals surface area contributed by atoms with Crippen LogP contribution < -0.4 is 14.2 Å². The van der Waals surface area contributed by atoms with Crippen molar-refractivity contribution in [1.29, 1.82) is 0 Å². The monoisotopic (exact) mass is 433 g/mol. The molecular formula is C21H24BrNO4. The van der Waals surface area contributed by atoms with E-state index in [9.17, 15) is 4.79 Å². The van der Waals surface area contributed by atoms with Gasteiger partial charge in [-0.2, -0.15) is 0 Å². The first-order valence-electron chi connectivity index (χ1n) is 8.98.